The van der Waals surface area contributed by atoms with Gasteiger partial charge < -0.3 is 10.4 Å². The Labute approximate surface area is 117 Å². The Morgan fingerprint density at radius 1 is 1.25 bits per heavy atom. The number of nitrogens with one attached hydrogen (secondary N) is 1. The van der Waals surface area contributed by atoms with Gasteiger partial charge in [-0.15, -0.1) is 0 Å². The summed E-state index contributed by atoms with van der Waals surface area (Å²) in [4.78, 5) is 12.1. The number of phenols is 1. The lowest BCUT2D eigenvalue weighted by atomic mass is 10.1. The van der Waals surface area contributed by atoms with Gasteiger partial charge in [-0.3, -0.25) is 4.79 Å². The standard InChI is InChI=1S/C16H16FNO2/c1-10-6-7-13(9-15(10)19)16(20)18-11(2)12-4-3-5-14(17)8-12/h3-9,11,19H,1-2H3,(H,18,20). The summed E-state index contributed by atoms with van der Waals surface area (Å²) >= 11 is 0. The first-order chi connectivity index (χ1) is 9.47. The van der Waals surface area contributed by atoms with E-state index < -0.39 is 0 Å². The van der Waals surface area contributed by atoms with E-state index in [9.17, 15) is 14.3 Å². The van der Waals surface area contributed by atoms with E-state index in [-0.39, 0.29) is 23.5 Å². The number of carbonyl (C=O) groups is 1. The van der Waals surface area contributed by atoms with Crippen LogP contribution in [0.4, 0.5) is 4.39 Å². The predicted molar refractivity (Wildman–Crippen MR) is 75.1 cm³/mol. The third kappa shape index (κ3) is 3.15. The van der Waals surface area contributed by atoms with Crippen LogP contribution >= 0.6 is 0 Å². The zero-order valence-corrected chi connectivity index (χ0v) is 11.4. The number of amides is 1. The first kappa shape index (κ1) is 14.1. The molecule has 0 spiro atoms. The predicted octanol–water partition coefficient (Wildman–Crippen LogP) is 3.33. The van der Waals surface area contributed by atoms with E-state index in [0.29, 0.717) is 16.7 Å². The summed E-state index contributed by atoms with van der Waals surface area (Å²) in [6, 6.07) is 10.5. The first-order valence-corrected chi connectivity index (χ1v) is 6.33. The highest BCUT2D eigenvalue weighted by atomic mass is 19.1. The highest BCUT2D eigenvalue weighted by Gasteiger charge is 2.12. The second-order valence-corrected chi connectivity index (χ2v) is 4.75. The molecule has 104 valence electrons. The maximum absolute atomic E-state index is 13.1. The molecule has 0 aliphatic carbocycles. The summed E-state index contributed by atoms with van der Waals surface area (Å²) in [5.74, 6) is -0.565. The number of rotatable bonds is 3. The fourth-order valence-electron chi connectivity index (χ4n) is 1.89. The molecular formula is C16H16FNO2. The Morgan fingerprint density at radius 2 is 2.00 bits per heavy atom. The number of aromatic hydroxyl groups is 1. The van der Waals surface area contributed by atoms with Crippen LogP contribution in [0.25, 0.3) is 0 Å². The number of phenolic OH excluding ortho intramolecular Hbond substituents is 1. The first-order valence-electron chi connectivity index (χ1n) is 6.33. The molecule has 0 heterocycles. The molecule has 20 heavy (non-hydrogen) atoms. The van der Waals surface area contributed by atoms with Crippen LogP contribution in [0.3, 0.4) is 0 Å². The topological polar surface area (TPSA) is 49.3 Å². The molecule has 1 amide bonds. The third-order valence-electron chi connectivity index (χ3n) is 3.17. The molecule has 3 nitrogen and oxygen atoms in total. The molecule has 2 aromatic rings. The van der Waals surface area contributed by atoms with Gasteiger partial charge in [0, 0.05) is 5.56 Å². The molecule has 4 heteroatoms. The van der Waals surface area contributed by atoms with E-state index in [4.69, 9.17) is 0 Å². The van der Waals surface area contributed by atoms with E-state index in [1.165, 1.54) is 18.2 Å². The van der Waals surface area contributed by atoms with Gasteiger partial charge in [0.25, 0.3) is 5.91 Å². The van der Waals surface area contributed by atoms with E-state index in [2.05, 4.69) is 5.32 Å². The second kappa shape index (κ2) is 5.74. The van der Waals surface area contributed by atoms with Crippen molar-refractivity contribution < 1.29 is 14.3 Å². The van der Waals surface area contributed by atoms with Crippen molar-refractivity contribution in [2.75, 3.05) is 0 Å². The van der Waals surface area contributed by atoms with Gasteiger partial charge in [0.15, 0.2) is 0 Å². The molecule has 2 rings (SSSR count). The lowest BCUT2D eigenvalue weighted by molar-refractivity contribution is 0.0939. The van der Waals surface area contributed by atoms with Crippen LogP contribution in [0.2, 0.25) is 0 Å². The summed E-state index contributed by atoms with van der Waals surface area (Å²) in [5, 5.41) is 12.4. The summed E-state index contributed by atoms with van der Waals surface area (Å²) in [6.45, 7) is 3.53. The number of benzene rings is 2. The van der Waals surface area contributed by atoms with Gasteiger partial charge in [-0.1, -0.05) is 18.2 Å². The molecule has 0 fully saturated rings. The summed E-state index contributed by atoms with van der Waals surface area (Å²) < 4.78 is 13.1. The summed E-state index contributed by atoms with van der Waals surface area (Å²) in [5.41, 5.74) is 1.77. The summed E-state index contributed by atoms with van der Waals surface area (Å²) in [7, 11) is 0. The molecule has 0 radical (unpaired) electrons. The van der Waals surface area contributed by atoms with Crippen molar-refractivity contribution in [3.05, 3.63) is 65.0 Å². The van der Waals surface area contributed by atoms with Gasteiger partial charge in [0.05, 0.1) is 6.04 Å². The van der Waals surface area contributed by atoms with Gasteiger partial charge in [0.1, 0.15) is 11.6 Å². The molecule has 0 aromatic heterocycles. The Kier molecular flexibility index (Phi) is 4.03. The average molecular weight is 273 g/mol. The lowest BCUT2D eigenvalue weighted by Crippen LogP contribution is -2.26. The second-order valence-electron chi connectivity index (χ2n) is 4.75. The quantitative estimate of drug-likeness (QED) is 0.901. The van der Waals surface area contributed by atoms with E-state index >= 15 is 0 Å². The maximum Gasteiger partial charge on any atom is 0.251 e. The number of halogens is 1. The van der Waals surface area contributed by atoms with Crippen LogP contribution in [0.1, 0.15) is 34.5 Å². The van der Waals surface area contributed by atoms with Crippen LogP contribution in [0.15, 0.2) is 42.5 Å². The highest BCUT2D eigenvalue weighted by molar-refractivity contribution is 5.94. The van der Waals surface area contributed by atoms with Gasteiger partial charge in [0.2, 0.25) is 0 Å². The van der Waals surface area contributed by atoms with Crippen molar-refractivity contribution >= 4 is 5.91 Å². The van der Waals surface area contributed by atoms with Gasteiger partial charge >= 0.3 is 0 Å². The molecule has 1 atom stereocenters. The molecular weight excluding hydrogens is 257 g/mol. The van der Waals surface area contributed by atoms with Crippen molar-refractivity contribution in [2.24, 2.45) is 0 Å². The van der Waals surface area contributed by atoms with E-state index in [1.54, 1.807) is 38.1 Å². The van der Waals surface area contributed by atoms with E-state index in [1.807, 2.05) is 0 Å². The van der Waals surface area contributed by atoms with Crippen LogP contribution in [-0.2, 0) is 0 Å². The van der Waals surface area contributed by atoms with Gasteiger partial charge in [-0.05, 0) is 49.2 Å². The van der Waals surface area contributed by atoms with Gasteiger partial charge in [-0.25, -0.2) is 4.39 Å². The zero-order valence-electron chi connectivity index (χ0n) is 11.4. The molecule has 0 bridgehead atoms. The molecule has 1 unspecified atom stereocenters. The zero-order chi connectivity index (χ0) is 14.7. The third-order valence-corrected chi connectivity index (χ3v) is 3.17. The SMILES string of the molecule is Cc1ccc(C(=O)NC(C)c2cccc(F)c2)cc1O. The molecule has 0 saturated carbocycles. The van der Waals surface area contributed by atoms with E-state index in [0.717, 1.165) is 0 Å². The number of hydrogen-bond donors (Lipinski definition) is 2. The Balaban J connectivity index is 2.13. The fraction of sp³-hybridized carbons (Fsp3) is 0.188. The van der Waals surface area contributed by atoms with Crippen molar-refractivity contribution in [3.8, 4) is 5.75 Å². The lowest BCUT2D eigenvalue weighted by Gasteiger charge is -2.14. The Hall–Kier alpha value is -2.36. The molecule has 2 N–H and O–H groups in total. The minimum atomic E-state index is -0.337. The van der Waals surface area contributed by atoms with Crippen molar-refractivity contribution in [2.45, 2.75) is 19.9 Å². The molecule has 0 aliphatic rings. The molecule has 0 saturated heterocycles. The largest absolute Gasteiger partial charge is 0.508 e. The smallest absolute Gasteiger partial charge is 0.251 e. The molecule has 2 aromatic carbocycles. The Morgan fingerprint density at radius 3 is 2.65 bits per heavy atom. The number of aryl methyl sites for hydroxylation is 1. The van der Waals surface area contributed by atoms with Crippen LogP contribution in [0, 0.1) is 12.7 Å². The van der Waals surface area contributed by atoms with Crippen LogP contribution < -0.4 is 5.32 Å². The average Bonchev–Trinajstić information content (AvgIpc) is 2.41. The van der Waals surface area contributed by atoms with Crippen molar-refractivity contribution in [3.63, 3.8) is 0 Å². The Bertz CT molecular complexity index is 640. The van der Waals surface area contributed by atoms with Crippen LogP contribution in [0.5, 0.6) is 5.75 Å². The number of carbonyl (C=O) groups excluding carboxylic acids is 1. The normalized spacial score (nSPS) is 11.9. The summed E-state index contributed by atoms with van der Waals surface area (Å²) in [6.07, 6.45) is 0. The minimum Gasteiger partial charge on any atom is -0.508 e. The van der Waals surface area contributed by atoms with Crippen molar-refractivity contribution in [1.29, 1.82) is 0 Å². The maximum atomic E-state index is 13.1. The highest BCUT2D eigenvalue weighted by Crippen LogP contribution is 2.19. The minimum absolute atomic E-state index is 0.0797. The van der Waals surface area contributed by atoms with Gasteiger partial charge in [-0.2, -0.15) is 0 Å². The van der Waals surface area contributed by atoms with Crippen LogP contribution in [-0.4, -0.2) is 11.0 Å². The molecule has 0 aliphatic heterocycles. The number of hydrogen-bond acceptors (Lipinski definition) is 2. The fourth-order valence-corrected chi connectivity index (χ4v) is 1.89. The monoisotopic (exact) mass is 273 g/mol. The van der Waals surface area contributed by atoms with Crippen molar-refractivity contribution in [1.82, 2.24) is 5.32 Å².